The van der Waals surface area contributed by atoms with E-state index >= 15 is 0 Å². The van der Waals surface area contributed by atoms with Crippen molar-refractivity contribution in [1.29, 1.82) is 0 Å². The summed E-state index contributed by atoms with van der Waals surface area (Å²) in [6, 6.07) is 0. The highest BCUT2D eigenvalue weighted by Gasteiger charge is 2.15. The van der Waals surface area contributed by atoms with E-state index in [0.717, 1.165) is 0 Å². The van der Waals surface area contributed by atoms with Crippen LogP contribution >= 0.6 is 23.4 Å². The average Bonchev–Trinajstić information content (AvgIpc) is 2.17. The molecule has 76 valence electrons. The Morgan fingerprint density at radius 2 is 2.21 bits per heavy atom. The van der Waals surface area contributed by atoms with Gasteiger partial charge in [-0.15, -0.1) is 0 Å². The number of halogens is 1. The molecular formula is C8H10ClN3OS. The van der Waals surface area contributed by atoms with Gasteiger partial charge in [-0.25, -0.2) is 9.97 Å². The van der Waals surface area contributed by atoms with Crippen LogP contribution in [0.1, 0.15) is 10.5 Å². The van der Waals surface area contributed by atoms with Crippen molar-refractivity contribution in [2.45, 2.75) is 5.16 Å². The summed E-state index contributed by atoms with van der Waals surface area (Å²) >= 11 is 7.18. The first-order valence-corrected chi connectivity index (χ1v) is 5.44. The number of thioether (sulfide) groups is 1. The van der Waals surface area contributed by atoms with Crippen LogP contribution in [-0.2, 0) is 0 Å². The number of carbonyl (C=O) groups excluding carboxylic acids is 1. The minimum atomic E-state index is -0.215. The van der Waals surface area contributed by atoms with Crippen molar-refractivity contribution < 1.29 is 4.79 Å². The van der Waals surface area contributed by atoms with E-state index in [1.54, 1.807) is 14.1 Å². The van der Waals surface area contributed by atoms with Gasteiger partial charge in [-0.1, -0.05) is 23.4 Å². The maximum atomic E-state index is 11.6. The topological polar surface area (TPSA) is 46.1 Å². The van der Waals surface area contributed by atoms with Gasteiger partial charge < -0.3 is 4.90 Å². The highest BCUT2D eigenvalue weighted by Crippen LogP contribution is 2.17. The van der Waals surface area contributed by atoms with Crippen LogP contribution < -0.4 is 0 Å². The first kappa shape index (κ1) is 11.3. The summed E-state index contributed by atoms with van der Waals surface area (Å²) < 4.78 is 0. The molecule has 0 radical (unpaired) electrons. The van der Waals surface area contributed by atoms with Crippen LogP contribution in [0, 0.1) is 0 Å². The molecule has 1 heterocycles. The standard InChI is InChI=1S/C8H10ClN3OS/c1-12(2)7(13)6-5(9)4-10-8(11-6)14-3/h4H,1-3H3. The van der Waals surface area contributed by atoms with Gasteiger partial charge in [-0.05, 0) is 6.26 Å². The van der Waals surface area contributed by atoms with Crippen LogP contribution in [0.3, 0.4) is 0 Å². The molecule has 1 rings (SSSR count). The number of hydrogen-bond donors (Lipinski definition) is 0. The highest BCUT2D eigenvalue weighted by atomic mass is 35.5. The fraction of sp³-hybridized carbons (Fsp3) is 0.375. The molecule has 0 aliphatic carbocycles. The Balaban J connectivity index is 3.12. The number of nitrogens with zero attached hydrogens (tertiary/aromatic N) is 3. The van der Waals surface area contributed by atoms with E-state index in [-0.39, 0.29) is 16.6 Å². The second-order valence-corrected chi connectivity index (χ2v) is 3.93. The van der Waals surface area contributed by atoms with Crippen LogP contribution in [0.4, 0.5) is 0 Å². The van der Waals surface area contributed by atoms with Gasteiger partial charge in [-0.3, -0.25) is 4.79 Å². The third-order valence-electron chi connectivity index (χ3n) is 1.51. The smallest absolute Gasteiger partial charge is 0.273 e. The minimum Gasteiger partial charge on any atom is -0.343 e. The van der Waals surface area contributed by atoms with Crippen molar-refractivity contribution in [3.8, 4) is 0 Å². The normalized spacial score (nSPS) is 10.0. The van der Waals surface area contributed by atoms with E-state index in [1.807, 2.05) is 6.26 Å². The lowest BCUT2D eigenvalue weighted by Crippen LogP contribution is -2.23. The van der Waals surface area contributed by atoms with Gasteiger partial charge >= 0.3 is 0 Å². The molecule has 0 aliphatic heterocycles. The van der Waals surface area contributed by atoms with Gasteiger partial charge in [0.25, 0.3) is 5.91 Å². The van der Waals surface area contributed by atoms with Gasteiger partial charge in [-0.2, -0.15) is 0 Å². The van der Waals surface area contributed by atoms with E-state index in [0.29, 0.717) is 5.16 Å². The fourth-order valence-corrected chi connectivity index (χ4v) is 1.32. The Morgan fingerprint density at radius 3 is 2.71 bits per heavy atom. The summed E-state index contributed by atoms with van der Waals surface area (Å²) in [6.07, 6.45) is 3.28. The average molecular weight is 232 g/mol. The molecule has 0 saturated heterocycles. The molecule has 0 atom stereocenters. The molecule has 6 heteroatoms. The molecule has 0 fully saturated rings. The predicted molar refractivity (Wildman–Crippen MR) is 56.8 cm³/mol. The maximum Gasteiger partial charge on any atom is 0.273 e. The van der Waals surface area contributed by atoms with Crippen molar-refractivity contribution in [1.82, 2.24) is 14.9 Å². The number of carbonyl (C=O) groups is 1. The predicted octanol–water partition coefficient (Wildman–Crippen LogP) is 1.55. The molecule has 1 aromatic heterocycles. The van der Waals surface area contributed by atoms with E-state index in [1.165, 1.54) is 22.9 Å². The summed E-state index contributed by atoms with van der Waals surface area (Å²) in [7, 11) is 3.30. The zero-order valence-corrected chi connectivity index (χ0v) is 9.69. The van der Waals surface area contributed by atoms with Crippen LogP contribution in [0.2, 0.25) is 5.02 Å². The lowest BCUT2D eigenvalue weighted by atomic mass is 10.4. The first-order chi connectivity index (χ1) is 6.56. The zero-order chi connectivity index (χ0) is 10.7. The fourth-order valence-electron chi connectivity index (χ4n) is 0.811. The van der Waals surface area contributed by atoms with Crippen molar-refractivity contribution in [2.24, 2.45) is 0 Å². The van der Waals surface area contributed by atoms with Crippen molar-refractivity contribution >= 4 is 29.3 Å². The van der Waals surface area contributed by atoms with Crippen LogP contribution in [0.25, 0.3) is 0 Å². The van der Waals surface area contributed by atoms with Gasteiger partial charge in [0.05, 0.1) is 11.2 Å². The molecule has 0 N–H and O–H groups in total. The second kappa shape index (κ2) is 4.61. The molecule has 0 bridgehead atoms. The minimum absolute atomic E-state index is 0.215. The number of amides is 1. The van der Waals surface area contributed by atoms with Gasteiger partial charge in [0.1, 0.15) is 0 Å². The van der Waals surface area contributed by atoms with E-state index < -0.39 is 0 Å². The van der Waals surface area contributed by atoms with Crippen molar-refractivity contribution in [3.63, 3.8) is 0 Å². The second-order valence-electron chi connectivity index (χ2n) is 2.75. The molecule has 1 aromatic rings. The van der Waals surface area contributed by atoms with Crippen LogP contribution in [-0.4, -0.2) is 41.1 Å². The van der Waals surface area contributed by atoms with E-state index in [9.17, 15) is 4.79 Å². The summed E-state index contributed by atoms with van der Waals surface area (Å²) in [5, 5.41) is 0.820. The summed E-state index contributed by atoms with van der Waals surface area (Å²) in [5.74, 6) is -0.215. The summed E-state index contributed by atoms with van der Waals surface area (Å²) in [6.45, 7) is 0. The zero-order valence-electron chi connectivity index (χ0n) is 8.11. The lowest BCUT2D eigenvalue weighted by Gasteiger charge is -2.10. The maximum absolute atomic E-state index is 11.6. The largest absolute Gasteiger partial charge is 0.343 e. The van der Waals surface area contributed by atoms with Gasteiger partial charge in [0, 0.05) is 14.1 Å². The molecule has 4 nitrogen and oxygen atoms in total. The summed E-state index contributed by atoms with van der Waals surface area (Å²) in [4.78, 5) is 21.0. The molecule has 0 aromatic carbocycles. The Morgan fingerprint density at radius 1 is 1.57 bits per heavy atom. The van der Waals surface area contributed by atoms with E-state index in [2.05, 4.69) is 9.97 Å². The van der Waals surface area contributed by atoms with Crippen LogP contribution in [0.5, 0.6) is 0 Å². The Bertz CT molecular complexity index is 356. The monoisotopic (exact) mass is 231 g/mol. The molecule has 0 aliphatic rings. The molecule has 0 spiro atoms. The molecule has 0 unspecified atom stereocenters. The quantitative estimate of drug-likeness (QED) is 0.573. The molecule has 0 saturated carbocycles. The number of rotatable bonds is 2. The first-order valence-electron chi connectivity index (χ1n) is 3.84. The Labute approximate surface area is 91.7 Å². The van der Waals surface area contributed by atoms with Gasteiger partial charge in [0.15, 0.2) is 10.9 Å². The van der Waals surface area contributed by atoms with E-state index in [4.69, 9.17) is 11.6 Å². The van der Waals surface area contributed by atoms with Crippen molar-refractivity contribution in [2.75, 3.05) is 20.4 Å². The third-order valence-corrected chi connectivity index (χ3v) is 2.35. The lowest BCUT2D eigenvalue weighted by molar-refractivity contribution is 0.0821. The molecule has 14 heavy (non-hydrogen) atoms. The Hall–Kier alpha value is -0.810. The van der Waals surface area contributed by atoms with Crippen LogP contribution in [0.15, 0.2) is 11.4 Å². The van der Waals surface area contributed by atoms with Crippen molar-refractivity contribution in [3.05, 3.63) is 16.9 Å². The Kier molecular flexibility index (Phi) is 3.71. The number of aromatic nitrogens is 2. The van der Waals surface area contributed by atoms with Gasteiger partial charge in [0.2, 0.25) is 0 Å². The molecular weight excluding hydrogens is 222 g/mol. The molecule has 1 amide bonds. The number of hydrogen-bond acceptors (Lipinski definition) is 4. The third kappa shape index (κ3) is 2.36. The highest BCUT2D eigenvalue weighted by molar-refractivity contribution is 7.98. The summed E-state index contributed by atoms with van der Waals surface area (Å²) in [5.41, 5.74) is 0.246. The SMILES string of the molecule is CSc1ncc(Cl)c(C(=O)N(C)C)n1.